The number of ether oxygens (including phenoxy) is 3. The number of pyridine rings is 2. The molecule has 67 heavy (non-hydrogen) atoms. The first-order chi connectivity index (χ1) is 32.4. The fourth-order valence-electron chi connectivity index (χ4n) is 10.6. The van der Waals surface area contributed by atoms with Crippen molar-refractivity contribution in [3.8, 4) is 11.5 Å². The zero-order chi connectivity index (χ0) is 46.4. The summed E-state index contributed by atoms with van der Waals surface area (Å²) in [6.45, 7) is 9.93. The average molecular weight is 917 g/mol. The number of piperazine rings is 1. The fourth-order valence-corrected chi connectivity index (χ4v) is 10.6. The van der Waals surface area contributed by atoms with Gasteiger partial charge in [0.25, 0.3) is 11.5 Å². The number of nitrogens with zero attached hydrogens (tertiary/aromatic N) is 8. The molecular formula is C48H56N10O9. The second kappa shape index (κ2) is 18.3. The molecule has 1 atom stereocenters. The third-order valence-electron chi connectivity index (χ3n) is 14.4. The molecule has 2 N–H and O–H groups in total. The molecule has 19 heteroatoms. The van der Waals surface area contributed by atoms with Gasteiger partial charge in [0, 0.05) is 94.8 Å². The Morgan fingerprint density at radius 1 is 0.940 bits per heavy atom. The molecule has 6 aliphatic rings. The lowest BCUT2D eigenvalue weighted by Crippen LogP contribution is -2.54. The molecule has 1 spiro atoms. The van der Waals surface area contributed by atoms with Gasteiger partial charge < -0.3 is 34.2 Å². The first kappa shape index (κ1) is 44.4. The lowest BCUT2D eigenvalue weighted by molar-refractivity contribution is -0.138. The number of rotatable bonds is 12. The highest BCUT2D eigenvalue weighted by molar-refractivity contribution is 6.05. The number of amides is 4. The first-order valence-electron chi connectivity index (χ1n) is 23.6. The van der Waals surface area contributed by atoms with Crippen molar-refractivity contribution in [3.63, 3.8) is 0 Å². The number of hydrogen-bond acceptors (Lipinski definition) is 15. The third-order valence-corrected chi connectivity index (χ3v) is 14.4. The van der Waals surface area contributed by atoms with Crippen LogP contribution in [0.3, 0.4) is 0 Å². The van der Waals surface area contributed by atoms with Crippen LogP contribution in [0, 0.1) is 6.92 Å². The van der Waals surface area contributed by atoms with Crippen molar-refractivity contribution in [1.82, 2.24) is 39.5 Å². The summed E-state index contributed by atoms with van der Waals surface area (Å²) in [7, 11) is 0. The van der Waals surface area contributed by atoms with Crippen molar-refractivity contribution in [2.45, 2.75) is 95.9 Å². The second-order valence-corrected chi connectivity index (χ2v) is 18.6. The minimum atomic E-state index is -0.694. The fraction of sp³-hybridized carbons (Fsp3) is 0.521. The van der Waals surface area contributed by atoms with E-state index in [1.54, 1.807) is 23.8 Å². The quantitative estimate of drug-likeness (QED) is 0.118. The summed E-state index contributed by atoms with van der Waals surface area (Å²) in [5, 5.41) is 6.24. The van der Waals surface area contributed by atoms with E-state index in [4.69, 9.17) is 19.2 Å². The number of aryl methyl sites for hydroxylation is 1. The van der Waals surface area contributed by atoms with E-state index in [2.05, 4.69) is 30.4 Å². The van der Waals surface area contributed by atoms with Crippen molar-refractivity contribution in [2.75, 3.05) is 75.9 Å². The molecule has 1 saturated carbocycles. The second-order valence-electron chi connectivity index (χ2n) is 18.6. The van der Waals surface area contributed by atoms with E-state index in [1.807, 2.05) is 29.3 Å². The van der Waals surface area contributed by atoms with Gasteiger partial charge in [-0.1, -0.05) is 12.8 Å². The number of carbonyl (C=O) groups is 5. The highest BCUT2D eigenvalue weighted by Crippen LogP contribution is 2.43. The van der Waals surface area contributed by atoms with Gasteiger partial charge in [0.15, 0.2) is 17.3 Å². The number of nitrogens with one attached hydrogen (secondary N) is 2. The number of fused-ring (bicyclic) bond motifs is 3. The van der Waals surface area contributed by atoms with E-state index >= 15 is 0 Å². The van der Waals surface area contributed by atoms with Gasteiger partial charge in [0.05, 0.1) is 37.1 Å². The Morgan fingerprint density at radius 3 is 2.46 bits per heavy atom. The SMILES string of the molecule is CC(=O)c1c(C)c2cnc(Nc3ccc(N4CCN(CCOCCC(=O)N5CCC6(CC5)COc5cc7c(cc5O6)CN(C5CCC(=O)NC5=O)C7=O)CC4)cn3)nc2n(C2CCCC2)c1=O. The van der Waals surface area contributed by atoms with Crippen LogP contribution in [-0.4, -0.2) is 141 Å². The van der Waals surface area contributed by atoms with Crippen LogP contribution in [0.5, 0.6) is 11.5 Å². The van der Waals surface area contributed by atoms with Gasteiger partial charge in [-0.15, -0.1) is 0 Å². The van der Waals surface area contributed by atoms with E-state index in [0.29, 0.717) is 104 Å². The van der Waals surface area contributed by atoms with Crippen LogP contribution in [0.25, 0.3) is 11.0 Å². The van der Waals surface area contributed by atoms with Gasteiger partial charge in [0.2, 0.25) is 23.7 Å². The largest absolute Gasteiger partial charge is 0.485 e. The van der Waals surface area contributed by atoms with Crippen LogP contribution in [0.15, 0.2) is 41.5 Å². The molecule has 4 aromatic rings. The van der Waals surface area contributed by atoms with Crippen LogP contribution in [0.4, 0.5) is 17.5 Å². The highest BCUT2D eigenvalue weighted by atomic mass is 16.6. The van der Waals surface area contributed by atoms with Crippen LogP contribution >= 0.6 is 0 Å². The predicted molar refractivity (Wildman–Crippen MR) is 245 cm³/mol. The number of hydrogen-bond donors (Lipinski definition) is 2. The zero-order valence-corrected chi connectivity index (χ0v) is 38.0. The molecule has 1 aliphatic carbocycles. The summed E-state index contributed by atoms with van der Waals surface area (Å²) >= 11 is 0. The molecule has 4 amide bonds. The van der Waals surface area contributed by atoms with E-state index in [9.17, 15) is 28.8 Å². The maximum atomic E-state index is 13.6. The number of Topliss-reactive ketones (excluding diaryl/α,β-unsaturated/α-hetero) is 1. The lowest BCUT2D eigenvalue weighted by atomic mass is 9.90. The Kier molecular flexibility index (Phi) is 12.1. The zero-order valence-electron chi connectivity index (χ0n) is 38.0. The number of likely N-dealkylation sites (tertiary alicyclic amines) is 1. The minimum Gasteiger partial charge on any atom is -0.485 e. The molecule has 1 unspecified atom stereocenters. The molecule has 10 rings (SSSR count). The monoisotopic (exact) mass is 916 g/mol. The number of carbonyl (C=O) groups excluding carboxylic acids is 5. The number of ketones is 1. The van der Waals surface area contributed by atoms with E-state index in [-0.39, 0.29) is 53.6 Å². The molecule has 0 bridgehead atoms. The molecule has 352 valence electrons. The molecule has 3 aromatic heterocycles. The number of piperidine rings is 2. The Hall–Kier alpha value is -6.47. The first-order valence-corrected chi connectivity index (χ1v) is 23.6. The van der Waals surface area contributed by atoms with Crippen LogP contribution in [0.2, 0.25) is 0 Å². The summed E-state index contributed by atoms with van der Waals surface area (Å²) in [6.07, 6.45) is 9.35. The molecule has 3 saturated heterocycles. The van der Waals surface area contributed by atoms with Crippen molar-refractivity contribution in [3.05, 3.63) is 69.3 Å². The van der Waals surface area contributed by atoms with E-state index in [0.717, 1.165) is 69.7 Å². The van der Waals surface area contributed by atoms with Crippen molar-refractivity contribution < 1.29 is 38.2 Å². The van der Waals surface area contributed by atoms with Gasteiger partial charge in [0.1, 0.15) is 29.7 Å². The van der Waals surface area contributed by atoms with Crippen LogP contribution in [0.1, 0.15) is 103 Å². The van der Waals surface area contributed by atoms with Gasteiger partial charge in [-0.25, -0.2) is 9.97 Å². The van der Waals surface area contributed by atoms with Gasteiger partial charge in [-0.2, -0.15) is 4.98 Å². The molecule has 0 radical (unpaired) electrons. The topological polar surface area (TPSA) is 211 Å². The van der Waals surface area contributed by atoms with E-state index in [1.165, 1.54) is 11.8 Å². The Labute approximate surface area is 387 Å². The minimum absolute atomic E-state index is 0.000409. The molecule has 1 aromatic carbocycles. The summed E-state index contributed by atoms with van der Waals surface area (Å²) in [4.78, 5) is 98.7. The van der Waals surface area contributed by atoms with Gasteiger partial charge >= 0.3 is 0 Å². The summed E-state index contributed by atoms with van der Waals surface area (Å²) < 4.78 is 20.4. The van der Waals surface area contributed by atoms with E-state index < -0.39 is 17.6 Å². The number of imide groups is 1. The summed E-state index contributed by atoms with van der Waals surface area (Å²) in [6, 6.07) is 6.75. The smallest absolute Gasteiger partial charge is 0.263 e. The molecular weight excluding hydrogens is 861 g/mol. The Morgan fingerprint density at radius 2 is 1.73 bits per heavy atom. The average Bonchev–Trinajstić information content (AvgIpc) is 3.96. The number of aromatic nitrogens is 4. The molecule has 4 fully saturated rings. The highest BCUT2D eigenvalue weighted by Gasteiger charge is 2.44. The van der Waals surface area contributed by atoms with Crippen molar-refractivity contribution >= 4 is 57.9 Å². The number of benzene rings is 1. The standard InChI is InChI=1S/C48H56N10O9/c1-29-35-26-50-47(53-43(35)58(32-5-3-4-6-32)46(64)42(29)30(2)59)51-39-9-7-33(25-49-39)55-18-16-54(17-19-55)20-22-65-21-11-41(61)56-14-12-48(13-15-56)28-66-37-24-34-31(23-38(37)67-48)27-57(45(34)63)36-8-10-40(60)52-44(36)62/h7,9,23-26,32,36H,3-6,8,10-22,27-28H2,1-2H3,(H,52,60,62)(H,49,50,51,53). The third kappa shape index (κ3) is 8.81. The molecule has 5 aliphatic heterocycles. The predicted octanol–water partition coefficient (Wildman–Crippen LogP) is 3.68. The number of anilines is 3. The Bertz CT molecular complexity index is 2690. The van der Waals surface area contributed by atoms with Gasteiger partial charge in [-0.3, -0.25) is 43.6 Å². The molecule has 19 nitrogen and oxygen atoms in total. The van der Waals surface area contributed by atoms with Gasteiger partial charge in [-0.05, 0) is 68.5 Å². The van der Waals surface area contributed by atoms with Crippen LogP contribution in [-0.2, 0) is 25.7 Å². The lowest BCUT2D eigenvalue weighted by Gasteiger charge is -2.44. The summed E-state index contributed by atoms with van der Waals surface area (Å²) in [5.41, 5.74) is 2.73. The normalized spacial score (nSPS) is 20.7. The molecule has 8 heterocycles. The summed E-state index contributed by atoms with van der Waals surface area (Å²) in [5.74, 6) is 0.731. The van der Waals surface area contributed by atoms with Crippen molar-refractivity contribution in [1.29, 1.82) is 0 Å². The maximum absolute atomic E-state index is 13.6. The maximum Gasteiger partial charge on any atom is 0.263 e. The van der Waals surface area contributed by atoms with Crippen molar-refractivity contribution in [2.24, 2.45) is 0 Å². The Balaban J connectivity index is 0.643. The van der Waals surface area contributed by atoms with Crippen LogP contribution < -0.4 is 30.6 Å².